The van der Waals surface area contributed by atoms with Crippen molar-refractivity contribution >= 4 is 20.0 Å². The zero-order valence-corrected chi connectivity index (χ0v) is 16.8. The highest BCUT2D eigenvalue weighted by molar-refractivity contribution is 7.64. The van der Waals surface area contributed by atoms with Gasteiger partial charge in [-0.3, -0.25) is 0 Å². The van der Waals surface area contributed by atoms with E-state index in [1.165, 1.54) is 32.1 Å². The molecule has 2 unspecified atom stereocenters. The molecule has 2 aliphatic carbocycles. The lowest BCUT2D eigenvalue weighted by molar-refractivity contribution is -0.171. The number of rotatable bonds is 1. The Kier molecular flexibility index (Phi) is 4.70. The number of nitrogens with zero attached hydrogens (tertiary/aromatic N) is 1. The van der Waals surface area contributed by atoms with Crippen LogP contribution >= 0.6 is 8.02 Å². The molecule has 5 aliphatic rings. The minimum atomic E-state index is -2.80. The summed E-state index contributed by atoms with van der Waals surface area (Å²) in [4.78, 5) is 28.6. The Balaban J connectivity index is 1.26. The normalized spacial score (nSPS) is 45.6. The summed E-state index contributed by atoms with van der Waals surface area (Å²) in [5, 5.41) is 6.71. The van der Waals surface area contributed by atoms with Crippen molar-refractivity contribution in [3.8, 4) is 0 Å². The minimum absolute atomic E-state index is 0.247. The van der Waals surface area contributed by atoms with Crippen molar-refractivity contribution in [1.29, 1.82) is 0 Å². The van der Waals surface area contributed by atoms with Crippen LogP contribution in [0.3, 0.4) is 0 Å². The van der Waals surface area contributed by atoms with Crippen molar-refractivity contribution in [2.45, 2.75) is 88.8 Å². The van der Waals surface area contributed by atoms with Gasteiger partial charge in [-0.15, -0.1) is 10.2 Å². The van der Waals surface area contributed by atoms with Gasteiger partial charge in [-0.05, 0) is 64.5 Å². The summed E-state index contributed by atoms with van der Waals surface area (Å²) < 4.78 is 11.7. The monoisotopic (exact) mass is 396 g/mol. The van der Waals surface area contributed by atoms with E-state index in [1.54, 1.807) is 0 Å². The Morgan fingerprint density at radius 1 is 0.815 bits per heavy atom. The van der Waals surface area contributed by atoms with Gasteiger partial charge in [0.05, 0.1) is 12.1 Å². The van der Waals surface area contributed by atoms with Crippen LogP contribution < -0.4 is 10.2 Å². The van der Waals surface area contributed by atoms with Crippen molar-refractivity contribution < 1.29 is 18.6 Å². The molecule has 5 rings (SSSR count). The topological polar surface area (TPSA) is 79.9 Å². The van der Waals surface area contributed by atoms with Gasteiger partial charge in [-0.2, -0.15) is 0 Å². The fourth-order valence-electron chi connectivity index (χ4n) is 5.68. The molecular weight excluding hydrogens is 365 g/mol. The molecule has 3 aliphatic heterocycles. The zero-order chi connectivity index (χ0) is 18.5. The highest BCUT2D eigenvalue weighted by Gasteiger charge is 2.70. The highest BCUT2D eigenvalue weighted by atomic mass is 31.2. The number of piperidine rings is 1. The van der Waals surface area contributed by atoms with E-state index >= 15 is 0 Å². The molecule has 0 amide bonds. The molecule has 2 saturated carbocycles. The summed E-state index contributed by atoms with van der Waals surface area (Å²) in [5.41, 5.74) is -1.07. The van der Waals surface area contributed by atoms with E-state index in [0.29, 0.717) is 18.9 Å². The summed E-state index contributed by atoms with van der Waals surface area (Å²) in [5.74, 6) is -0.717. The molecule has 0 aromatic rings. The van der Waals surface area contributed by atoms with Crippen LogP contribution in [0.5, 0.6) is 0 Å². The average molecular weight is 396 g/mol. The molecule has 5 fully saturated rings. The number of carbonyl (C=O) groups excluding carboxylic acids is 2. The van der Waals surface area contributed by atoms with Gasteiger partial charge in [0.2, 0.25) is 0 Å². The second kappa shape index (κ2) is 6.94. The van der Waals surface area contributed by atoms with E-state index in [1.807, 2.05) is 0 Å². The predicted octanol–water partition coefficient (Wildman–Crippen LogP) is 2.68. The van der Waals surface area contributed by atoms with Gasteiger partial charge in [-0.1, -0.05) is 19.3 Å². The van der Waals surface area contributed by atoms with E-state index in [2.05, 4.69) is 15.1 Å². The quantitative estimate of drug-likeness (QED) is 0.521. The van der Waals surface area contributed by atoms with Crippen LogP contribution in [0.4, 0.5) is 0 Å². The van der Waals surface area contributed by atoms with Crippen molar-refractivity contribution in [3.05, 3.63) is 0 Å². The number of hydrogen-bond acceptors (Lipinski definition) is 7. The van der Waals surface area contributed by atoms with Gasteiger partial charge in [0.1, 0.15) is 0 Å². The van der Waals surface area contributed by atoms with Crippen LogP contribution in [0.1, 0.15) is 70.6 Å². The predicted molar refractivity (Wildman–Crippen MR) is 102 cm³/mol. The molecule has 0 radical (unpaired) electrons. The third-order valence-corrected chi connectivity index (χ3v) is 9.55. The van der Waals surface area contributed by atoms with Crippen LogP contribution in [0.2, 0.25) is 0 Å². The minimum Gasteiger partial charge on any atom is -0.300 e. The molecular formula is C19H31N3O4P+. The van der Waals surface area contributed by atoms with Gasteiger partial charge in [0.15, 0.2) is 5.41 Å². The Hall–Kier alpha value is -0.750. The Morgan fingerprint density at radius 2 is 1.37 bits per heavy atom. The lowest BCUT2D eigenvalue weighted by Gasteiger charge is -2.42. The highest BCUT2D eigenvalue weighted by Crippen LogP contribution is 2.64. The molecule has 0 aromatic carbocycles. The van der Waals surface area contributed by atoms with Gasteiger partial charge in [-0.25, -0.2) is 18.6 Å². The van der Waals surface area contributed by atoms with Gasteiger partial charge in [0.25, 0.3) is 0 Å². The second-order valence-corrected chi connectivity index (χ2v) is 11.0. The molecule has 27 heavy (non-hydrogen) atoms. The lowest BCUT2D eigenvalue weighted by atomic mass is 9.72. The Morgan fingerprint density at radius 3 is 1.93 bits per heavy atom. The first-order valence-electron chi connectivity index (χ1n) is 10.8. The van der Waals surface area contributed by atoms with Crippen molar-refractivity contribution in [2.75, 3.05) is 13.1 Å². The zero-order valence-electron chi connectivity index (χ0n) is 16.0. The second-order valence-electron chi connectivity index (χ2n) is 8.97. The SMILES string of the molecule is O=C1O[P+]2(NC3CCCCC3N2)OC(=O)C12CCC(N1CCCCC1)CC2. The third-order valence-electron chi connectivity index (χ3n) is 7.36. The molecule has 2 atom stereocenters. The fourth-order valence-corrected chi connectivity index (χ4v) is 8.31. The first-order valence-corrected chi connectivity index (χ1v) is 12.4. The van der Waals surface area contributed by atoms with Crippen molar-refractivity contribution in [1.82, 2.24) is 15.1 Å². The molecule has 3 saturated heterocycles. The van der Waals surface area contributed by atoms with E-state index in [9.17, 15) is 9.59 Å². The number of nitrogens with one attached hydrogen (secondary N) is 2. The third kappa shape index (κ3) is 3.11. The molecule has 150 valence electrons. The molecule has 8 heteroatoms. The summed E-state index contributed by atoms with van der Waals surface area (Å²) in [6, 6.07) is 0.987. The van der Waals surface area contributed by atoms with Gasteiger partial charge >= 0.3 is 20.0 Å². The summed E-state index contributed by atoms with van der Waals surface area (Å²) in [6.45, 7) is 2.30. The number of likely N-dealkylation sites (tertiary alicyclic amines) is 1. The first-order chi connectivity index (χ1) is 13.1. The summed E-state index contributed by atoms with van der Waals surface area (Å²) in [6.07, 6.45) is 11.1. The molecule has 2 spiro atoms. The number of fused-ring (bicyclic) bond motifs is 1. The molecule has 3 heterocycles. The van der Waals surface area contributed by atoms with E-state index in [-0.39, 0.29) is 24.0 Å². The van der Waals surface area contributed by atoms with Crippen LogP contribution in [0.25, 0.3) is 0 Å². The summed E-state index contributed by atoms with van der Waals surface area (Å²) in [7, 11) is -2.80. The summed E-state index contributed by atoms with van der Waals surface area (Å²) >= 11 is 0. The average Bonchev–Trinajstić information content (AvgIpc) is 3.04. The van der Waals surface area contributed by atoms with Crippen LogP contribution in [-0.2, 0) is 18.6 Å². The molecule has 0 aromatic heterocycles. The van der Waals surface area contributed by atoms with E-state index in [0.717, 1.165) is 38.8 Å². The van der Waals surface area contributed by atoms with Crippen LogP contribution in [-0.4, -0.2) is 48.1 Å². The maximum Gasteiger partial charge on any atom is 0.526 e. The maximum atomic E-state index is 13.0. The number of carbonyl (C=O) groups is 2. The lowest BCUT2D eigenvalue weighted by Crippen LogP contribution is -2.53. The smallest absolute Gasteiger partial charge is 0.300 e. The van der Waals surface area contributed by atoms with Gasteiger partial charge < -0.3 is 4.90 Å². The van der Waals surface area contributed by atoms with Crippen molar-refractivity contribution in [3.63, 3.8) is 0 Å². The molecule has 7 nitrogen and oxygen atoms in total. The standard InChI is InChI=1S/C19H31N3O4P/c23-17-19(10-8-14(9-11-19)22-12-4-1-5-13-22)18(24)26-27(25-17)20-15-6-2-3-7-16(15)21-27/h14-16,20-21H,1-13H2/q+1. The maximum absolute atomic E-state index is 13.0. The van der Waals surface area contributed by atoms with Crippen LogP contribution in [0, 0.1) is 5.41 Å². The van der Waals surface area contributed by atoms with Crippen LogP contribution in [0.15, 0.2) is 0 Å². The number of hydrogen-bond donors (Lipinski definition) is 2. The molecule has 0 bridgehead atoms. The van der Waals surface area contributed by atoms with Gasteiger partial charge in [0, 0.05) is 6.04 Å². The largest absolute Gasteiger partial charge is 0.526 e. The fraction of sp³-hybridized carbons (Fsp3) is 0.895. The Bertz CT molecular complexity index is 580. The van der Waals surface area contributed by atoms with E-state index in [4.69, 9.17) is 9.05 Å². The molecule has 2 N–H and O–H groups in total. The first kappa shape index (κ1) is 18.3. The van der Waals surface area contributed by atoms with Crippen molar-refractivity contribution in [2.24, 2.45) is 5.41 Å². The Labute approximate surface area is 161 Å². The van der Waals surface area contributed by atoms with E-state index < -0.39 is 13.4 Å².